The van der Waals surface area contributed by atoms with Crippen molar-refractivity contribution in [1.82, 2.24) is 9.55 Å². The number of aromatic nitrogens is 2. The highest BCUT2D eigenvalue weighted by Crippen LogP contribution is 2.29. The fourth-order valence-corrected chi connectivity index (χ4v) is 2.80. The quantitative estimate of drug-likeness (QED) is 0.626. The van der Waals surface area contributed by atoms with Crippen LogP contribution >= 0.6 is 11.6 Å². The van der Waals surface area contributed by atoms with Gasteiger partial charge in [0.1, 0.15) is 5.82 Å². The first kappa shape index (κ1) is 15.3. The van der Waals surface area contributed by atoms with Crippen molar-refractivity contribution in [3.63, 3.8) is 0 Å². The standard InChI is InChI=1S/C16H19ClN2O3/c1-3-12(17)15-18-13-5-4-10(16(20)21-2)8-14(13)19(15)9-11-6-7-22-11/h4-5,8,11-12H,3,6-7,9H2,1-2H3/t11-,12?/m0/s1. The lowest BCUT2D eigenvalue weighted by Gasteiger charge is -2.28. The van der Waals surface area contributed by atoms with Gasteiger partial charge in [0.05, 0.1) is 41.7 Å². The second-order valence-electron chi connectivity index (χ2n) is 5.43. The summed E-state index contributed by atoms with van der Waals surface area (Å²) in [5.41, 5.74) is 2.24. The molecule has 0 amide bonds. The number of hydrogen-bond acceptors (Lipinski definition) is 4. The van der Waals surface area contributed by atoms with E-state index in [2.05, 4.69) is 9.55 Å². The number of halogens is 1. The number of carbonyl (C=O) groups excluding carboxylic acids is 1. The molecule has 0 bridgehead atoms. The summed E-state index contributed by atoms with van der Waals surface area (Å²) in [5, 5.41) is -0.158. The van der Waals surface area contributed by atoms with Gasteiger partial charge in [-0.3, -0.25) is 0 Å². The zero-order valence-corrected chi connectivity index (χ0v) is 13.5. The van der Waals surface area contributed by atoms with Crippen molar-refractivity contribution >= 4 is 28.6 Å². The number of ether oxygens (including phenoxy) is 2. The Bertz CT molecular complexity index is 694. The second-order valence-corrected chi connectivity index (χ2v) is 5.96. The molecule has 1 aromatic carbocycles. The van der Waals surface area contributed by atoms with Crippen molar-refractivity contribution in [2.24, 2.45) is 0 Å². The molecule has 118 valence electrons. The van der Waals surface area contributed by atoms with Crippen molar-refractivity contribution in [1.29, 1.82) is 0 Å². The van der Waals surface area contributed by atoms with E-state index < -0.39 is 0 Å². The summed E-state index contributed by atoms with van der Waals surface area (Å²) < 4.78 is 12.4. The van der Waals surface area contributed by atoms with Crippen LogP contribution in [0.4, 0.5) is 0 Å². The van der Waals surface area contributed by atoms with Crippen molar-refractivity contribution in [3.8, 4) is 0 Å². The molecule has 2 aromatic rings. The van der Waals surface area contributed by atoms with Crippen LogP contribution in [0.25, 0.3) is 11.0 Å². The van der Waals surface area contributed by atoms with Crippen molar-refractivity contribution in [2.75, 3.05) is 13.7 Å². The molecular weight excluding hydrogens is 304 g/mol. The van der Waals surface area contributed by atoms with Gasteiger partial charge in [-0.05, 0) is 31.0 Å². The maximum Gasteiger partial charge on any atom is 0.337 e. The molecule has 0 saturated carbocycles. The van der Waals surface area contributed by atoms with E-state index in [9.17, 15) is 4.79 Å². The van der Waals surface area contributed by atoms with Gasteiger partial charge in [0.25, 0.3) is 0 Å². The van der Waals surface area contributed by atoms with Gasteiger partial charge in [-0.1, -0.05) is 6.92 Å². The second kappa shape index (κ2) is 6.26. The Labute approximate surface area is 134 Å². The van der Waals surface area contributed by atoms with Crippen molar-refractivity contribution in [2.45, 2.75) is 37.8 Å². The van der Waals surface area contributed by atoms with E-state index in [4.69, 9.17) is 21.1 Å². The monoisotopic (exact) mass is 322 g/mol. The first-order valence-electron chi connectivity index (χ1n) is 7.48. The van der Waals surface area contributed by atoms with Gasteiger partial charge in [0.2, 0.25) is 0 Å². The number of methoxy groups -OCH3 is 1. The van der Waals surface area contributed by atoms with Crippen molar-refractivity contribution < 1.29 is 14.3 Å². The van der Waals surface area contributed by atoms with E-state index >= 15 is 0 Å². The maximum atomic E-state index is 11.8. The first-order valence-corrected chi connectivity index (χ1v) is 7.91. The molecule has 6 heteroatoms. The SMILES string of the molecule is CCC(Cl)c1nc2ccc(C(=O)OC)cc2n1C[C@@H]1CCO1. The van der Waals surface area contributed by atoms with Gasteiger partial charge in [0.15, 0.2) is 0 Å². The van der Waals surface area contributed by atoms with Crippen LogP contribution in [0.2, 0.25) is 0 Å². The lowest BCUT2D eigenvalue weighted by atomic mass is 10.1. The Morgan fingerprint density at radius 2 is 2.36 bits per heavy atom. The summed E-state index contributed by atoms with van der Waals surface area (Å²) in [6.45, 7) is 3.54. The average molecular weight is 323 g/mol. The number of imidazole rings is 1. The molecule has 1 fully saturated rings. The highest BCUT2D eigenvalue weighted by molar-refractivity contribution is 6.20. The lowest BCUT2D eigenvalue weighted by molar-refractivity contribution is -0.0590. The van der Waals surface area contributed by atoms with Gasteiger partial charge < -0.3 is 14.0 Å². The zero-order valence-electron chi connectivity index (χ0n) is 12.7. The Kier molecular flexibility index (Phi) is 4.36. The van der Waals surface area contributed by atoms with E-state index in [0.717, 1.165) is 36.3 Å². The van der Waals surface area contributed by atoms with Crippen LogP contribution in [-0.4, -0.2) is 35.3 Å². The van der Waals surface area contributed by atoms with E-state index in [-0.39, 0.29) is 17.5 Å². The lowest BCUT2D eigenvalue weighted by Crippen LogP contribution is -2.31. The summed E-state index contributed by atoms with van der Waals surface area (Å²) >= 11 is 6.43. The van der Waals surface area contributed by atoms with Crippen LogP contribution in [0.1, 0.15) is 41.3 Å². The van der Waals surface area contributed by atoms with Gasteiger partial charge in [-0.2, -0.15) is 0 Å². The van der Waals surface area contributed by atoms with Crippen LogP contribution in [0, 0.1) is 0 Å². The summed E-state index contributed by atoms with van der Waals surface area (Å²) in [4.78, 5) is 16.4. The van der Waals surface area contributed by atoms with Gasteiger partial charge in [-0.15, -0.1) is 11.6 Å². The Morgan fingerprint density at radius 1 is 1.59 bits per heavy atom. The van der Waals surface area contributed by atoms with Gasteiger partial charge in [-0.25, -0.2) is 9.78 Å². The molecule has 0 aliphatic carbocycles. The largest absolute Gasteiger partial charge is 0.465 e. The number of alkyl halides is 1. The van der Waals surface area contributed by atoms with E-state index in [1.807, 2.05) is 19.1 Å². The molecule has 0 radical (unpaired) electrons. The third-order valence-corrected chi connectivity index (χ3v) is 4.52. The van der Waals surface area contributed by atoms with E-state index in [0.29, 0.717) is 12.1 Å². The van der Waals surface area contributed by atoms with E-state index in [1.54, 1.807) is 6.07 Å². The minimum atomic E-state index is -0.353. The molecule has 1 aliphatic heterocycles. The summed E-state index contributed by atoms with van der Waals surface area (Å²) in [5.74, 6) is 0.477. The predicted octanol–water partition coefficient (Wildman–Crippen LogP) is 3.30. The highest BCUT2D eigenvalue weighted by atomic mass is 35.5. The van der Waals surface area contributed by atoms with Crippen LogP contribution in [0.5, 0.6) is 0 Å². The molecular formula is C16H19ClN2O3. The predicted molar refractivity (Wildman–Crippen MR) is 84.3 cm³/mol. The minimum Gasteiger partial charge on any atom is -0.465 e. The number of benzene rings is 1. The first-order chi connectivity index (χ1) is 10.6. The van der Waals surface area contributed by atoms with Gasteiger partial charge in [0, 0.05) is 6.61 Å². The molecule has 1 saturated heterocycles. The Balaban J connectivity index is 2.08. The van der Waals surface area contributed by atoms with Crippen molar-refractivity contribution in [3.05, 3.63) is 29.6 Å². The third kappa shape index (κ3) is 2.71. The van der Waals surface area contributed by atoms with Crippen LogP contribution in [-0.2, 0) is 16.0 Å². The average Bonchev–Trinajstić information content (AvgIpc) is 2.86. The normalized spacial score (nSPS) is 19.0. The smallest absolute Gasteiger partial charge is 0.337 e. The number of carbonyl (C=O) groups is 1. The summed E-state index contributed by atoms with van der Waals surface area (Å²) in [7, 11) is 1.38. The molecule has 0 N–H and O–H groups in total. The number of nitrogens with zero attached hydrogens (tertiary/aromatic N) is 2. The third-order valence-electron chi connectivity index (χ3n) is 4.02. The molecule has 22 heavy (non-hydrogen) atoms. The number of fused-ring (bicyclic) bond motifs is 1. The molecule has 5 nitrogen and oxygen atoms in total. The number of hydrogen-bond donors (Lipinski definition) is 0. The molecule has 1 unspecified atom stereocenters. The topological polar surface area (TPSA) is 53.3 Å². The highest BCUT2D eigenvalue weighted by Gasteiger charge is 2.24. The number of rotatable bonds is 5. The molecule has 3 rings (SSSR count). The molecule has 2 atom stereocenters. The zero-order chi connectivity index (χ0) is 15.7. The Morgan fingerprint density at radius 3 is 2.95 bits per heavy atom. The maximum absolute atomic E-state index is 11.8. The minimum absolute atomic E-state index is 0.158. The molecule has 1 aliphatic rings. The van der Waals surface area contributed by atoms with Crippen LogP contribution in [0.15, 0.2) is 18.2 Å². The van der Waals surface area contributed by atoms with Gasteiger partial charge >= 0.3 is 5.97 Å². The Hall–Kier alpha value is -1.59. The summed E-state index contributed by atoms with van der Waals surface area (Å²) in [6.07, 6.45) is 2.02. The fraction of sp³-hybridized carbons (Fsp3) is 0.500. The molecule has 0 spiro atoms. The van der Waals surface area contributed by atoms with Crippen LogP contribution < -0.4 is 0 Å². The summed E-state index contributed by atoms with van der Waals surface area (Å²) in [6, 6.07) is 5.38. The fourth-order valence-electron chi connectivity index (χ4n) is 2.63. The van der Waals surface area contributed by atoms with Crippen LogP contribution in [0.3, 0.4) is 0 Å². The number of esters is 1. The van der Waals surface area contributed by atoms with E-state index in [1.165, 1.54) is 7.11 Å². The molecule has 2 heterocycles. The molecule has 1 aromatic heterocycles.